The number of benzene rings is 2. The molecule has 1 aliphatic rings. The maximum Gasteiger partial charge on any atom is 0.328 e. The first-order valence-corrected chi connectivity index (χ1v) is 17.7. The molecule has 0 saturated carbocycles. The van der Waals surface area contributed by atoms with E-state index < -0.39 is 12.0 Å². The molecule has 1 aromatic heterocycles. The van der Waals surface area contributed by atoms with Gasteiger partial charge >= 0.3 is 5.97 Å². The molecule has 0 radical (unpaired) electrons. The minimum absolute atomic E-state index is 0.0320. The number of nitrogens with zero attached hydrogens (tertiary/aromatic N) is 1. The first-order chi connectivity index (χ1) is 21.7. The zero-order chi connectivity index (χ0) is 32.2. The van der Waals surface area contributed by atoms with Gasteiger partial charge in [0.25, 0.3) is 5.91 Å². The smallest absolute Gasteiger partial charge is 0.328 e. The standard InChI is InChI=1S/C36H43N3O4S2/c1-24(2)43-35(41)33(17-19-44-4)39-34(40)32-20-27(12-15-28(32)14-11-26-9-7-25(3)8-10-26)13-16-30-21-31(23-38-30)45-36(42)29-6-5-18-37-22-29/h5-10,12-13,15-16,18,20,22,24,30-31,33,38H,11,14,17,19,21,23H2,1-4H3,(H,39,40)/t30-,31+,33+/m1/s1. The zero-order valence-electron chi connectivity index (χ0n) is 26.5. The fourth-order valence-electron chi connectivity index (χ4n) is 5.10. The highest BCUT2D eigenvalue weighted by molar-refractivity contribution is 8.14. The predicted molar refractivity (Wildman–Crippen MR) is 186 cm³/mol. The van der Waals surface area contributed by atoms with Crippen molar-refractivity contribution in [3.8, 4) is 0 Å². The van der Waals surface area contributed by atoms with Crippen LogP contribution in [0.3, 0.4) is 0 Å². The van der Waals surface area contributed by atoms with Crippen molar-refractivity contribution in [3.63, 3.8) is 0 Å². The lowest BCUT2D eigenvalue weighted by Crippen LogP contribution is -2.43. The second-order valence-electron chi connectivity index (χ2n) is 11.6. The van der Waals surface area contributed by atoms with Gasteiger partial charge in [-0.3, -0.25) is 14.6 Å². The third-order valence-corrected chi connectivity index (χ3v) is 9.34. The highest BCUT2D eigenvalue weighted by Crippen LogP contribution is 2.26. The summed E-state index contributed by atoms with van der Waals surface area (Å²) in [5.41, 5.74) is 5.41. The van der Waals surface area contributed by atoms with E-state index >= 15 is 0 Å². The van der Waals surface area contributed by atoms with Gasteiger partial charge in [-0.2, -0.15) is 11.8 Å². The van der Waals surface area contributed by atoms with Crippen LogP contribution in [0.15, 0.2) is 73.1 Å². The number of rotatable bonds is 14. The molecule has 3 atom stereocenters. The van der Waals surface area contributed by atoms with Gasteiger partial charge in [0.2, 0.25) is 5.12 Å². The van der Waals surface area contributed by atoms with Crippen molar-refractivity contribution in [3.05, 3.63) is 106 Å². The second kappa shape index (κ2) is 17.3. The molecule has 0 aliphatic carbocycles. The topological polar surface area (TPSA) is 97.4 Å². The molecule has 3 aromatic rings. The molecule has 9 heteroatoms. The number of ether oxygens (including phenoxy) is 1. The van der Waals surface area contributed by atoms with Crippen LogP contribution in [0, 0.1) is 6.92 Å². The summed E-state index contributed by atoms with van der Waals surface area (Å²) in [4.78, 5) is 43.3. The first-order valence-electron chi connectivity index (χ1n) is 15.4. The second-order valence-corrected chi connectivity index (χ2v) is 13.8. The Kier molecular flexibility index (Phi) is 13.3. The largest absolute Gasteiger partial charge is 0.461 e. The SMILES string of the molecule is CSCC[C@H](NC(=O)c1cc(C=C[C@@H]2C[C@H](SC(=O)c3cccnc3)CN2)ccc1CCc1ccc(C)cc1)C(=O)OC(C)C. The van der Waals surface area contributed by atoms with E-state index in [4.69, 9.17) is 4.74 Å². The highest BCUT2D eigenvalue weighted by Gasteiger charge is 2.26. The molecule has 1 aliphatic heterocycles. The van der Waals surface area contributed by atoms with Crippen molar-refractivity contribution in [1.82, 2.24) is 15.6 Å². The lowest BCUT2D eigenvalue weighted by atomic mass is 9.96. The quantitative estimate of drug-likeness (QED) is 0.197. The Hall–Kier alpha value is -3.40. The van der Waals surface area contributed by atoms with Crippen LogP contribution in [0.1, 0.15) is 69.7 Å². The summed E-state index contributed by atoms with van der Waals surface area (Å²) in [6.45, 7) is 6.42. The van der Waals surface area contributed by atoms with Gasteiger partial charge in [0.1, 0.15) is 6.04 Å². The molecule has 2 N–H and O–H groups in total. The number of carbonyl (C=O) groups excluding carboxylic acids is 3. The summed E-state index contributed by atoms with van der Waals surface area (Å²) in [5, 5.41) is 6.67. The van der Waals surface area contributed by atoms with Crippen LogP contribution in [-0.2, 0) is 22.4 Å². The summed E-state index contributed by atoms with van der Waals surface area (Å²) in [5.74, 6) is 0.0367. The number of thioether (sulfide) groups is 2. The van der Waals surface area contributed by atoms with Crippen LogP contribution in [0.25, 0.3) is 6.08 Å². The number of amides is 1. The number of pyridine rings is 1. The first kappa shape index (κ1) is 34.5. The monoisotopic (exact) mass is 645 g/mol. The predicted octanol–water partition coefficient (Wildman–Crippen LogP) is 6.30. The molecule has 2 heterocycles. The number of aromatic nitrogens is 1. The summed E-state index contributed by atoms with van der Waals surface area (Å²) in [6, 6.07) is 17.4. The van der Waals surface area contributed by atoms with Crippen LogP contribution in [0.2, 0.25) is 0 Å². The lowest BCUT2D eigenvalue weighted by molar-refractivity contribution is -0.149. The van der Waals surface area contributed by atoms with Gasteiger partial charge in [0, 0.05) is 41.4 Å². The Morgan fingerprint density at radius 3 is 2.62 bits per heavy atom. The van der Waals surface area contributed by atoms with Crippen molar-refractivity contribution in [1.29, 1.82) is 0 Å². The van der Waals surface area contributed by atoms with Gasteiger partial charge in [0.05, 0.1) is 6.10 Å². The van der Waals surface area contributed by atoms with E-state index in [2.05, 4.69) is 52.9 Å². The molecule has 0 unspecified atom stereocenters. The van der Waals surface area contributed by atoms with Gasteiger partial charge in [-0.15, -0.1) is 0 Å². The third-order valence-electron chi connectivity index (χ3n) is 7.55. The van der Waals surface area contributed by atoms with Crippen LogP contribution in [0.5, 0.6) is 0 Å². The Labute approximate surface area is 275 Å². The summed E-state index contributed by atoms with van der Waals surface area (Å²) < 4.78 is 5.46. The molecule has 7 nitrogen and oxygen atoms in total. The number of hydrogen-bond acceptors (Lipinski definition) is 8. The summed E-state index contributed by atoms with van der Waals surface area (Å²) >= 11 is 2.97. The van der Waals surface area contributed by atoms with E-state index in [1.54, 1.807) is 36.3 Å². The molecular formula is C36H43N3O4S2. The normalized spacial score (nSPS) is 17.0. The van der Waals surface area contributed by atoms with Crippen LogP contribution in [0.4, 0.5) is 0 Å². The zero-order valence-corrected chi connectivity index (χ0v) is 28.1. The fourth-order valence-corrected chi connectivity index (χ4v) is 6.61. The summed E-state index contributed by atoms with van der Waals surface area (Å²) in [7, 11) is 0. The molecule has 0 spiro atoms. The Morgan fingerprint density at radius 2 is 1.91 bits per heavy atom. The highest BCUT2D eigenvalue weighted by atomic mass is 32.2. The average Bonchev–Trinajstić information content (AvgIpc) is 3.49. The van der Waals surface area contributed by atoms with Crippen molar-refractivity contribution >= 4 is 46.6 Å². The molecule has 4 rings (SSSR count). The molecular weight excluding hydrogens is 603 g/mol. The lowest BCUT2D eigenvalue weighted by Gasteiger charge is -2.20. The number of aryl methyl sites for hydroxylation is 3. The van der Waals surface area contributed by atoms with Crippen LogP contribution < -0.4 is 10.6 Å². The molecule has 1 fully saturated rings. The van der Waals surface area contributed by atoms with E-state index in [1.165, 1.54) is 22.9 Å². The van der Waals surface area contributed by atoms with Gasteiger partial charge in [-0.05, 0) is 93.4 Å². The van der Waals surface area contributed by atoms with Gasteiger partial charge in [-0.1, -0.05) is 65.9 Å². The van der Waals surface area contributed by atoms with E-state index in [-0.39, 0.29) is 28.4 Å². The Bertz CT molecular complexity index is 1460. The molecule has 45 heavy (non-hydrogen) atoms. The molecule has 238 valence electrons. The van der Waals surface area contributed by atoms with Gasteiger partial charge in [-0.25, -0.2) is 4.79 Å². The van der Waals surface area contributed by atoms with Crippen molar-refractivity contribution in [2.24, 2.45) is 0 Å². The number of esters is 1. The molecule has 2 aromatic carbocycles. The number of nitrogens with one attached hydrogen (secondary N) is 2. The fraction of sp³-hybridized carbons (Fsp3) is 0.389. The maximum absolute atomic E-state index is 13.8. The minimum Gasteiger partial charge on any atom is -0.461 e. The van der Waals surface area contributed by atoms with Crippen molar-refractivity contribution in [2.45, 2.75) is 69.9 Å². The molecule has 1 saturated heterocycles. The van der Waals surface area contributed by atoms with Crippen molar-refractivity contribution in [2.75, 3.05) is 18.6 Å². The van der Waals surface area contributed by atoms with Crippen LogP contribution >= 0.6 is 23.5 Å². The summed E-state index contributed by atoms with van der Waals surface area (Å²) in [6.07, 6.45) is 11.9. The Morgan fingerprint density at radius 1 is 1.11 bits per heavy atom. The van der Waals surface area contributed by atoms with Crippen LogP contribution in [-0.4, -0.2) is 64.0 Å². The molecule has 0 bridgehead atoms. The number of hydrogen-bond donors (Lipinski definition) is 2. The van der Waals surface area contributed by atoms with E-state index in [0.29, 0.717) is 24.0 Å². The Balaban J connectivity index is 1.48. The average molecular weight is 646 g/mol. The van der Waals surface area contributed by atoms with E-state index in [1.807, 2.05) is 44.4 Å². The minimum atomic E-state index is -0.719. The third kappa shape index (κ3) is 10.9. The van der Waals surface area contributed by atoms with Crippen molar-refractivity contribution < 1.29 is 19.1 Å². The number of carbonyl (C=O) groups is 3. The van der Waals surface area contributed by atoms with Gasteiger partial charge < -0.3 is 15.4 Å². The van der Waals surface area contributed by atoms with E-state index in [9.17, 15) is 14.4 Å². The van der Waals surface area contributed by atoms with Gasteiger partial charge in [0.15, 0.2) is 0 Å². The molecule has 1 amide bonds. The maximum atomic E-state index is 13.8. The van der Waals surface area contributed by atoms with E-state index in [0.717, 1.165) is 36.3 Å².